The minimum atomic E-state index is 0.563. The molecule has 0 saturated heterocycles. The zero-order valence-electron chi connectivity index (χ0n) is 9.34. The lowest BCUT2D eigenvalue weighted by Crippen LogP contribution is -2.08. The second-order valence-corrected chi connectivity index (χ2v) is 4.27. The second kappa shape index (κ2) is 6.88. The van der Waals surface area contributed by atoms with Gasteiger partial charge in [-0.2, -0.15) is 0 Å². The van der Waals surface area contributed by atoms with Crippen molar-refractivity contribution in [2.24, 2.45) is 11.8 Å². The minimum Gasteiger partial charge on any atom is -0.303 e. The first kappa shape index (κ1) is 12.4. The Kier molecular flexibility index (Phi) is 6.56. The van der Waals surface area contributed by atoms with E-state index in [1.165, 1.54) is 5.57 Å². The molecule has 1 heteroatoms. The summed E-state index contributed by atoms with van der Waals surface area (Å²) in [6.45, 7) is 8.61. The van der Waals surface area contributed by atoms with Crippen LogP contribution in [-0.4, -0.2) is 6.29 Å². The molecule has 13 heavy (non-hydrogen) atoms. The molecule has 0 heterocycles. The van der Waals surface area contributed by atoms with Crippen LogP contribution in [0.25, 0.3) is 0 Å². The first-order valence-corrected chi connectivity index (χ1v) is 5.15. The topological polar surface area (TPSA) is 17.1 Å². The SMILES string of the molecule is CC(C)=CCCC(CC=O)C(C)C. The molecule has 0 bridgehead atoms. The Balaban J connectivity index is 3.82. The van der Waals surface area contributed by atoms with Crippen LogP contribution in [0.2, 0.25) is 0 Å². The van der Waals surface area contributed by atoms with Crippen LogP contribution in [0.5, 0.6) is 0 Å². The number of hydrogen-bond acceptors (Lipinski definition) is 1. The van der Waals surface area contributed by atoms with Gasteiger partial charge in [0.2, 0.25) is 0 Å². The van der Waals surface area contributed by atoms with E-state index >= 15 is 0 Å². The van der Waals surface area contributed by atoms with E-state index in [0.29, 0.717) is 18.3 Å². The molecule has 0 aromatic heterocycles. The van der Waals surface area contributed by atoms with Gasteiger partial charge in [-0.3, -0.25) is 0 Å². The van der Waals surface area contributed by atoms with Crippen LogP contribution in [0.15, 0.2) is 11.6 Å². The second-order valence-electron chi connectivity index (χ2n) is 4.27. The van der Waals surface area contributed by atoms with Crippen LogP contribution in [0.3, 0.4) is 0 Å². The van der Waals surface area contributed by atoms with Crippen molar-refractivity contribution in [3.8, 4) is 0 Å². The molecule has 1 nitrogen and oxygen atoms in total. The van der Waals surface area contributed by atoms with Crippen LogP contribution in [0, 0.1) is 11.8 Å². The minimum absolute atomic E-state index is 0.563. The van der Waals surface area contributed by atoms with Crippen molar-refractivity contribution in [2.75, 3.05) is 0 Å². The predicted octanol–water partition coefficient (Wildman–Crippen LogP) is 3.59. The van der Waals surface area contributed by atoms with Crippen LogP contribution >= 0.6 is 0 Å². The first-order valence-electron chi connectivity index (χ1n) is 5.15. The van der Waals surface area contributed by atoms with E-state index in [1.807, 2.05) is 0 Å². The zero-order valence-corrected chi connectivity index (χ0v) is 9.34. The largest absolute Gasteiger partial charge is 0.303 e. The monoisotopic (exact) mass is 182 g/mol. The molecule has 0 aliphatic heterocycles. The van der Waals surface area contributed by atoms with E-state index in [1.54, 1.807) is 0 Å². The van der Waals surface area contributed by atoms with Crippen molar-refractivity contribution in [3.05, 3.63) is 11.6 Å². The Morgan fingerprint density at radius 1 is 1.31 bits per heavy atom. The molecule has 76 valence electrons. The molecule has 1 atom stereocenters. The van der Waals surface area contributed by atoms with Gasteiger partial charge >= 0.3 is 0 Å². The molecule has 0 rings (SSSR count). The average Bonchev–Trinajstić information content (AvgIpc) is 2.02. The van der Waals surface area contributed by atoms with Crippen LogP contribution in [-0.2, 0) is 4.79 Å². The van der Waals surface area contributed by atoms with Crippen molar-refractivity contribution in [3.63, 3.8) is 0 Å². The molecule has 0 saturated carbocycles. The summed E-state index contributed by atoms with van der Waals surface area (Å²) < 4.78 is 0. The van der Waals surface area contributed by atoms with Gasteiger partial charge in [-0.25, -0.2) is 0 Å². The maximum atomic E-state index is 10.4. The van der Waals surface area contributed by atoms with E-state index in [0.717, 1.165) is 19.1 Å². The Labute approximate surface area is 82.2 Å². The highest BCUT2D eigenvalue weighted by atomic mass is 16.1. The Morgan fingerprint density at radius 2 is 1.92 bits per heavy atom. The zero-order chi connectivity index (χ0) is 10.3. The lowest BCUT2D eigenvalue weighted by Gasteiger charge is -2.16. The van der Waals surface area contributed by atoms with E-state index in [4.69, 9.17) is 0 Å². The normalized spacial score (nSPS) is 12.7. The van der Waals surface area contributed by atoms with Gasteiger partial charge < -0.3 is 4.79 Å². The highest BCUT2D eigenvalue weighted by Gasteiger charge is 2.11. The van der Waals surface area contributed by atoms with Gasteiger partial charge in [-0.1, -0.05) is 25.5 Å². The third kappa shape index (κ3) is 6.56. The summed E-state index contributed by atoms with van der Waals surface area (Å²) in [5.41, 5.74) is 1.37. The van der Waals surface area contributed by atoms with Crippen LogP contribution in [0.4, 0.5) is 0 Å². The molecule has 1 unspecified atom stereocenters. The molecule has 0 spiro atoms. The third-order valence-electron chi connectivity index (χ3n) is 2.43. The number of aldehydes is 1. The summed E-state index contributed by atoms with van der Waals surface area (Å²) >= 11 is 0. The van der Waals surface area contributed by atoms with Gasteiger partial charge in [-0.05, 0) is 38.5 Å². The molecule has 0 aromatic carbocycles. The summed E-state index contributed by atoms with van der Waals surface area (Å²) in [5, 5.41) is 0. The quantitative estimate of drug-likeness (QED) is 0.453. The summed E-state index contributed by atoms with van der Waals surface area (Å²) in [6, 6.07) is 0. The molecule has 0 amide bonds. The maximum absolute atomic E-state index is 10.4. The fourth-order valence-electron chi connectivity index (χ4n) is 1.43. The average molecular weight is 182 g/mol. The lowest BCUT2D eigenvalue weighted by atomic mass is 9.88. The highest BCUT2D eigenvalue weighted by Crippen LogP contribution is 2.20. The van der Waals surface area contributed by atoms with Crippen LogP contribution < -0.4 is 0 Å². The van der Waals surface area contributed by atoms with E-state index in [9.17, 15) is 4.79 Å². The number of carbonyl (C=O) groups is 1. The van der Waals surface area contributed by atoms with Crippen molar-refractivity contribution >= 4 is 6.29 Å². The van der Waals surface area contributed by atoms with Gasteiger partial charge in [-0.15, -0.1) is 0 Å². The van der Waals surface area contributed by atoms with Gasteiger partial charge in [0, 0.05) is 6.42 Å². The van der Waals surface area contributed by atoms with E-state index in [2.05, 4.69) is 33.8 Å². The summed E-state index contributed by atoms with van der Waals surface area (Å²) in [5.74, 6) is 1.18. The molecule has 0 N–H and O–H groups in total. The van der Waals surface area contributed by atoms with E-state index < -0.39 is 0 Å². The molecule has 0 fully saturated rings. The van der Waals surface area contributed by atoms with E-state index in [-0.39, 0.29) is 0 Å². The Bertz CT molecular complexity index is 164. The summed E-state index contributed by atoms with van der Waals surface area (Å²) in [7, 11) is 0. The summed E-state index contributed by atoms with van der Waals surface area (Å²) in [6.07, 6.45) is 6.27. The van der Waals surface area contributed by atoms with Crippen LogP contribution in [0.1, 0.15) is 47.0 Å². The van der Waals surface area contributed by atoms with Gasteiger partial charge in [0.05, 0.1) is 0 Å². The van der Waals surface area contributed by atoms with Crippen molar-refractivity contribution < 1.29 is 4.79 Å². The fourth-order valence-corrected chi connectivity index (χ4v) is 1.43. The smallest absolute Gasteiger partial charge is 0.120 e. The lowest BCUT2D eigenvalue weighted by molar-refractivity contribution is -0.108. The molecular weight excluding hydrogens is 160 g/mol. The standard InChI is InChI=1S/C12H22O/c1-10(2)6-5-7-12(8-9-13)11(3)4/h6,9,11-12H,5,7-8H2,1-4H3. The number of carbonyl (C=O) groups excluding carboxylic acids is 1. The van der Waals surface area contributed by atoms with Gasteiger partial charge in [0.25, 0.3) is 0 Å². The Hall–Kier alpha value is -0.590. The number of allylic oxidation sites excluding steroid dienone is 2. The third-order valence-corrected chi connectivity index (χ3v) is 2.43. The Morgan fingerprint density at radius 3 is 2.31 bits per heavy atom. The fraction of sp³-hybridized carbons (Fsp3) is 0.750. The molecule has 0 aromatic rings. The molecule has 0 aliphatic carbocycles. The summed E-state index contributed by atoms with van der Waals surface area (Å²) in [4.78, 5) is 10.4. The van der Waals surface area contributed by atoms with Crippen molar-refractivity contribution in [1.82, 2.24) is 0 Å². The van der Waals surface area contributed by atoms with Gasteiger partial charge in [0.1, 0.15) is 6.29 Å². The number of hydrogen-bond donors (Lipinski definition) is 0. The van der Waals surface area contributed by atoms with Crippen molar-refractivity contribution in [2.45, 2.75) is 47.0 Å². The molecular formula is C12H22O. The number of rotatable bonds is 6. The molecule has 0 radical (unpaired) electrons. The van der Waals surface area contributed by atoms with Gasteiger partial charge in [0.15, 0.2) is 0 Å². The maximum Gasteiger partial charge on any atom is 0.120 e. The predicted molar refractivity (Wildman–Crippen MR) is 57.7 cm³/mol. The molecule has 0 aliphatic rings. The highest BCUT2D eigenvalue weighted by molar-refractivity contribution is 5.49. The first-order chi connectivity index (χ1) is 6.07. The van der Waals surface area contributed by atoms with Crippen molar-refractivity contribution in [1.29, 1.82) is 0 Å².